The highest BCUT2D eigenvalue weighted by molar-refractivity contribution is 14.0. The first-order valence-electron chi connectivity index (χ1n) is 6.06. The third-order valence-electron chi connectivity index (χ3n) is 3.03. The minimum absolute atomic E-state index is 0. The van der Waals surface area contributed by atoms with Crippen LogP contribution in [0.5, 0.6) is 5.75 Å². The minimum atomic E-state index is 0. The van der Waals surface area contributed by atoms with Gasteiger partial charge in [0.15, 0.2) is 5.96 Å². The zero-order valence-corrected chi connectivity index (χ0v) is 14.6. The van der Waals surface area contributed by atoms with E-state index in [4.69, 9.17) is 4.74 Å². The van der Waals surface area contributed by atoms with E-state index in [0.717, 1.165) is 18.3 Å². The van der Waals surface area contributed by atoms with E-state index in [9.17, 15) is 0 Å². The molecule has 0 amide bonds. The van der Waals surface area contributed by atoms with Gasteiger partial charge in [0.05, 0.1) is 7.11 Å². The Hall–Kier alpha value is -0.980. The zero-order chi connectivity index (χ0) is 13.6. The molecule has 0 radical (unpaired) electrons. The quantitative estimate of drug-likeness (QED) is 0.481. The molecule has 1 aromatic rings. The number of nitrogens with one attached hydrogen (secondary N) is 2. The van der Waals surface area contributed by atoms with Crippen LogP contribution >= 0.6 is 24.0 Å². The van der Waals surface area contributed by atoms with Crippen LogP contribution in [0.1, 0.15) is 19.4 Å². The molecule has 1 aromatic carbocycles. The summed E-state index contributed by atoms with van der Waals surface area (Å²) >= 11 is 0. The van der Waals surface area contributed by atoms with Crippen molar-refractivity contribution < 1.29 is 4.74 Å². The average Bonchev–Trinajstić information content (AvgIpc) is 2.40. The molecule has 0 aliphatic carbocycles. The maximum absolute atomic E-state index is 5.17. The molecule has 2 N–H and O–H groups in total. The van der Waals surface area contributed by atoms with E-state index in [1.54, 1.807) is 14.2 Å². The number of halogens is 1. The summed E-state index contributed by atoms with van der Waals surface area (Å²) in [6.07, 6.45) is 0. The van der Waals surface area contributed by atoms with Crippen molar-refractivity contribution >= 4 is 29.9 Å². The largest absolute Gasteiger partial charge is 0.497 e. The highest BCUT2D eigenvalue weighted by Gasteiger charge is 2.20. The van der Waals surface area contributed by atoms with Gasteiger partial charge in [0, 0.05) is 26.1 Å². The van der Waals surface area contributed by atoms with Crippen molar-refractivity contribution in [2.45, 2.75) is 19.3 Å². The van der Waals surface area contributed by atoms with Crippen molar-refractivity contribution in [3.05, 3.63) is 29.8 Å². The molecule has 4 nitrogen and oxygen atoms in total. The molecule has 0 aromatic heterocycles. The van der Waals surface area contributed by atoms with Crippen LogP contribution < -0.4 is 15.4 Å². The molecule has 0 unspecified atom stereocenters. The van der Waals surface area contributed by atoms with Crippen LogP contribution in [0.4, 0.5) is 0 Å². The fourth-order valence-electron chi connectivity index (χ4n) is 1.73. The first kappa shape index (κ1) is 18.0. The Morgan fingerprint density at radius 1 is 1.26 bits per heavy atom. The van der Waals surface area contributed by atoms with Gasteiger partial charge in [0.1, 0.15) is 5.75 Å². The second kappa shape index (κ2) is 8.24. The van der Waals surface area contributed by atoms with Crippen molar-refractivity contribution in [3.63, 3.8) is 0 Å². The Morgan fingerprint density at radius 2 is 1.84 bits per heavy atom. The maximum Gasteiger partial charge on any atom is 0.190 e. The number of methoxy groups -OCH3 is 1. The van der Waals surface area contributed by atoms with Gasteiger partial charge in [0.2, 0.25) is 0 Å². The third kappa shape index (κ3) is 5.26. The molecule has 0 heterocycles. The molecule has 19 heavy (non-hydrogen) atoms. The molecule has 0 bridgehead atoms. The maximum atomic E-state index is 5.17. The Bertz CT molecular complexity index is 402. The summed E-state index contributed by atoms with van der Waals surface area (Å²) in [5, 5.41) is 6.31. The van der Waals surface area contributed by atoms with Gasteiger partial charge in [-0.3, -0.25) is 4.99 Å². The lowest BCUT2D eigenvalue weighted by molar-refractivity contribution is 0.414. The molecule has 1 rings (SSSR count). The lowest BCUT2D eigenvalue weighted by Crippen LogP contribution is -2.42. The third-order valence-corrected chi connectivity index (χ3v) is 3.03. The van der Waals surface area contributed by atoms with Gasteiger partial charge in [-0.25, -0.2) is 0 Å². The van der Waals surface area contributed by atoms with E-state index in [2.05, 4.69) is 41.6 Å². The van der Waals surface area contributed by atoms with Crippen molar-refractivity contribution in [1.29, 1.82) is 0 Å². The second-order valence-corrected chi connectivity index (χ2v) is 4.79. The molecule has 0 saturated carbocycles. The van der Waals surface area contributed by atoms with Crippen LogP contribution in [0.25, 0.3) is 0 Å². The molecule has 0 atom stereocenters. The van der Waals surface area contributed by atoms with Gasteiger partial charge in [-0.15, -0.1) is 24.0 Å². The fourth-order valence-corrected chi connectivity index (χ4v) is 1.73. The van der Waals surface area contributed by atoms with Gasteiger partial charge in [-0.2, -0.15) is 0 Å². The summed E-state index contributed by atoms with van der Waals surface area (Å²) in [6.45, 7) is 5.21. The Kier molecular flexibility index (Phi) is 7.82. The van der Waals surface area contributed by atoms with Crippen molar-refractivity contribution in [2.24, 2.45) is 4.99 Å². The van der Waals surface area contributed by atoms with E-state index < -0.39 is 0 Å². The second-order valence-electron chi connectivity index (χ2n) is 4.79. The van der Waals surface area contributed by atoms with E-state index in [-0.39, 0.29) is 29.4 Å². The van der Waals surface area contributed by atoms with Gasteiger partial charge >= 0.3 is 0 Å². The highest BCUT2D eigenvalue weighted by atomic mass is 127. The summed E-state index contributed by atoms with van der Waals surface area (Å²) in [5.74, 6) is 1.69. The number of guanidine groups is 1. The molecular formula is C14H24IN3O. The Balaban J connectivity index is 0.00000324. The van der Waals surface area contributed by atoms with E-state index in [0.29, 0.717) is 0 Å². The number of rotatable bonds is 4. The number of ether oxygens (including phenoxy) is 1. The molecule has 5 heteroatoms. The monoisotopic (exact) mass is 377 g/mol. The standard InChI is InChI=1S/C14H23N3O.HI/c1-14(2,10-17-13(15-3)16-4)11-6-8-12(18-5)9-7-11;/h6-9H,10H2,1-5H3,(H2,15,16,17);1H. The lowest BCUT2D eigenvalue weighted by atomic mass is 9.84. The molecular weight excluding hydrogens is 353 g/mol. The highest BCUT2D eigenvalue weighted by Crippen LogP contribution is 2.24. The van der Waals surface area contributed by atoms with Crippen LogP contribution in [-0.2, 0) is 5.41 Å². The molecule has 0 aliphatic rings. The number of nitrogens with zero attached hydrogens (tertiary/aromatic N) is 1. The molecule has 0 spiro atoms. The summed E-state index contributed by atoms with van der Waals surface area (Å²) in [4.78, 5) is 4.11. The van der Waals surface area contributed by atoms with Gasteiger partial charge < -0.3 is 15.4 Å². The van der Waals surface area contributed by atoms with Crippen LogP contribution in [0.15, 0.2) is 29.3 Å². The molecule has 0 fully saturated rings. The first-order valence-corrected chi connectivity index (χ1v) is 6.06. The van der Waals surface area contributed by atoms with E-state index >= 15 is 0 Å². The Labute approximate surface area is 133 Å². The predicted octanol–water partition coefficient (Wildman–Crippen LogP) is 2.39. The summed E-state index contributed by atoms with van der Waals surface area (Å²) < 4.78 is 5.17. The van der Waals surface area contributed by atoms with Gasteiger partial charge in [-0.1, -0.05) is 26.0 Å². The Morgan fingerprint density at radius 3 is 2.26 bits per heavy atom. The predicted molar refractivity (Wildman–Crippen MR) is 91.9 cm³/mol. The topological polar surface area (TPSA) is 45.7 Å². The van der Waals surface area contributed by atoms with Crippen molar-refractivity contribution in [1.82, 2.24) is 10.6 Å². The molecule has 108 valence electrons. The van der Waals surface area contributed by atoms with Crippen molar-refractivity contribution in [2.75, 3.05) is 27.7 Å². The smallest absolute Gasteiger partial charge is 0.190 e. The number of hydrogen-bond acceptors (Lipinski definition) is 2. The lowest BCUT2D eigenvalue weighted by Gasteiger charge is -2.26. The van der Waals surface area contributed by atoms with Crippen LogP contribution in [-0.4, -0.2) is 33.7 Å². The van der Waals surface area contributed by atoms with E-state index in [1.165, 1.54) is 5.56 Å². The molecule has 0 saturated heterocycles. The average molecular weight is 377 g/mol. The SMILES string of the molecule is CN=C(NC)NCC(C)(C)c1ccc(OC)cc1.I. The van der Waals surface area contributed by atoms with Crippen LogP contribution in [0.2, 0.25) is 0 Å². The fraction of sp³-hybridized carbons (Fsp3) is 0.500. The summed E-state index contributed by atoms with van der Waals surface area (Å²) in [7, 11) is 5.30. The van der Waals surface area contributed by atoms with E-state index in [1.807, 2.05) is 19.2 Å². The number of hydrogen-bond donors (Lipinski definition) is 2. The number of aliphatic imine (C=N–C) groups is 1. The summed E-state index contributed by atoms with van der Waals surface area (Å²) in [6, 6.07) is 8.18. The number of benzene rings is 1. The van der Waals surface area contributed by atoms with Gasteiger partial charge in [-0.05, 0) is 17.7 Å². The first-order chi connectivity index (χ1) is 8.53. The summed E-state index contributed by atoms with van der Waals surface area (Å²) in [5.41, 5.74) is 1.29. The van der Waals surface area contributed by atoms with Crippen LogP contribution in [0, 0.1) is 0 Å². The van der Waals surface area contributed by atoms with Crippen LogP contribution in [0.3, 0.4) is 0 Å². The van der Waals surface area contributed by atoms with Crippen molar-refractivity contribution in [3.8, 4) is 5.75 Å². The minimum Gasteiger partial charge on any atom is -0.497 e. The zero-order valence-electron chi connectivity index (χ0n) is 12.3. The molecule has 0 aliphatic heterocycles. The van der Waals surface area contributed by atoms with Gasteiger partial charge in [0.25, 0.3) is 0 Å². The normalized spacial score (nSPS) is 11.5.